The van der Waals surface area contributed by atoms with E-state index in [4.69, 9.17) is 19.3 Å². The SMILES string of the molecule is Cc1ncsc1-c1ccc(CNC(=O)[C@@H]2C[C@@H](O)CN2C(=O)[C@@H](NC(=O)COCCOCCOCCCn2cc(-c3ccc4c(c3)CC/C4=N\O)c(-c3ccncc3)n2)C(C)(C)C)cc1. The van der Waals surface area contributed by atoms with Crippen LogP contribution in [0.1, 0.15) is 62.4 Å². The Hall–Kier alpha value is -5.85. The number of thiazole rings is 1. The number of likely N-dealkylation sites (tertiary alicyclic amines) is 1. The first-order valence-corrected chi connectivity index (χ1v) is 22.9. The van der Waals surface area contributed by atoms with Gasteiger partial charge in [-0.1, -0.05) is 68.4 Å². The zero-order valence-electron chi connectivity index (χ0n) is 37.4. The maximum atomic E-state index is 14.0. The molecule has 3 amide bonds. The molecule has 3 atom stereocenters. The molecule has 0 spiro atoms. The Morgan fingerprint density at radius 3 is 2.35 bits per heavy atom. The van der Waals surface area contributed by atoms with Gasteiger partial charge in [0.1, 0.15) is 24.4 Å². The standard InChI is InChI=1S/C48H58N8O8S/c1-31-44(65-30-51-31)34-8-6-32(7-9-34)26-50-46(59)41-25-37(57)27-56(41)47(60)45(48(2,3)4)52-42(58)29-64-23-22-63-21-20-62-19-5-18-55-28-39(43(53-55)33-14-16-49-17-15-33)36-10-12-38-35(24-36)11-13-40(38)54-61/h6-10,12,14-17,24,28,30,37,41,45,57,61H,5,11,13,18-23,25-27,29H2,1-4H3,(H,50,59)(H,52,58)/b54-40+/t37-,41+,45-/m1/s1. The molecule has 4 N–H and O–H groups in total. The molecule has 3 aromatic heterocycles. The maximum absolute atomic E-state index is 14.0. The zero-order chi connectivity index (χ0) is 45.9. The summed E-state index contributed by atoms with van der Waals surface area (Å²) in [6, 6.07) is 16.1. The molecule has 344 valence electrons. The highest BCUT2D eigenvalue weighted by Gasteiger charge is 2.44. The average Bonchev–Trinajstić information content (AvgIpc) is 4.12. The molecule has 5 aromatic rings. The molecule has 4 heterocycles. The lowest BCUT2D eigenvalue weighted by molar-refractivity contribution is -0.144. The molecule has 1 fully saturated rings. The van der Waals surface area contributed by atoms with E-state index in [9.17, 15) is 24.7 Å². The van der Waals surface area contributed by atoms with Gasteiger partial charge in [-0.05, 0) is 66.0 Å². The Labute approximate surface area is 383 Å². The van der Waals surface area contributed by atoms with Crippen LogP contribution in [-0.4, -0.2) is 123 Å². The van der Waals surface area contributed by atoms with Crippen LogP contribution in [0.2, 0.25) is 0 Å². The number of hydrogen-bond acceptors (Lipinski definition) is 13. The second-order valence-corrected chi connectivity index (χ2v) is 18.2. The van der Waals surface area contributed by atoms with Gasteiger partial charge in [0, 0.05) is 67.9 Å². The van der Waals surface area contributed by atoms with Crippen LogP contribution in [-0.2, 0) is 48.1 Å². The minimum Gasteiger partial charge on any atom is -0.411 e. The molecule has 2 aliphatic rings. The van der Waals surface area contributed by atoms with Crippen LogP contribution in [0.25, 0.3) is 32.8 Å². The lowest BCUT2D eigenvalue weighted by Crippen LogP contribution is -2.58. The number of rotatable bonds is 20. The third kappa shape index (κ3) is 12.1. The molecule has 1 saturated heterocycles. The Balaban J connectivity index is 0.797. The Morgan fingerprint density at radius 2 is 1.65 bits per heavy atom. The number of amides is 3. The van der Waals surface area contributed by atoms with Gasteiger partial charge in [0.15, 0.2) is 0 Å². The van der Waals surface area contributed by atoms with Crippen molar-refractivity contribution in [3.05, 3.63) is 101 Å². The van der Waals surface area contributed by atoms with Crippen LogP contribution >= 0.6 is 11.3 Å². The van der Waals surface area contributed by atoms with Crippen LogP contribution < -0.4 is 10.6 Å². The predicted octanol–water partition coefficient (Wildman–Crippen LogP) is 5.42. The van der Waals surface area contributed by atoms with Crippen LogP contribution in [0.15, 0.2) is 83.9 Å². The molecule has 0 unspecified atom stereocenters. The highest BCUT2D eigenvalue weighted by molar-refractivity contribution is 7.13. The van der Waals surface area contributed by atoms with Crippen LogP contribution in [0.5, 0.6) is 0 Å². The van der Waals surface area contributed by atoms with Crippen LogP contribution in [0.4, 0.5) is 0 Å². The van der Waals surface area contributed by atoms with E-state index in [0.29, 0.717) is 32.1 Å². The molecule has 7 rings (SSSR count). The number of hydrogen-bond donors (Lipinski definition) is 4. The van der Waals surface area contributed by atoms with Crippen molar-refractivity contribution in [2.75, 3.05) is 46.2 Å². The van der Waals surface area contributed by atoms with E-state index in [1.807, 2.05) is 86.4 Å². The summed E-state index contributed by atoms with van der Waals surface area (Å²) in [6.07, 6.45) is 7.10. The van der Waals surface area contributed by atoms with Crippen molar-refractivity contribution >= 4 is 34.8 Å². The van der Waals surface area contributed by atoms with Crippen molar-refractivity contribution in [2.24, 2.45) is 10.6 Å². The van der Waals surface area contributed by atoms with Crippen LogP contribution in [0.3, 0.4) is 0 Å². The number of carbonyl (C=O) groups excluding carboxylic acids is 3. The van der Waals surface area contributed by atoms with Gasteiger partial charge in [-0.15, -0.1) is 11.3 Å². The third-order valence-corrected chi connectivity index (χ3v) is 12.5. The minimum atomic E-state index is -0.962. The van der Waals surface area contributed by atoms with Crippen LogP contribution in [0, 0.1) is 12.3 Å². The van der Waals surface area contributed by atoms with Gasteiger partial charge in [-0.2, -0.15) is 5.10 Å². The van der Waals surface area contributed by atoms with E-state index in [-0.39, 0.29) is 45.2 Å². The second kappa shape index (κ2) is 21.9. The lowest BCUT2D eigenvalue weighted by Gasteiger charge is -2.35. The lowest BCUT2D eigenvalue weighted by atomic mass is 9.85. The van der Waals surface area contributed by atoms with Gasteiger partial charge in [-0.3, -0.25) is 24.0 Å². The molecule has 1 aliphatic heterocycles. The fraction of sp³-hybridized carbons (Fsp3) is 0.438. The largest absolute Gasteiger partial charge is 0.411 e. The number of β-amino-alcohol motifs (C(OH)–C–C–N with tert-alkyl or cyclic N) is 1. The number of carbonyl (C=O) groups is 3. The first-order valence-electron chi connectivity index (χ1n) is 22.0. The van der Waals surface area contributed by atoms with Crippen molar-refractivity contribution in [3.63, 3.8) is 0 Å². The molecule has 2 aromatic carbocycles. The number of aliphatic hydroxyl groups is 1. The molecule has 0 saturated carbocycles. The number of ether oxygens (including phenoxy) is 3. The van der Waals surface area contributed by atoms with E-state index < -0.39 is 35.4 Å². The van der Waals surface area contributed by atoms with Gasteiger partial charge in [-0.25, -0.2) is 4.98 Å². The van der Waals surface area contributed by atoms with E-state index in [0.717, 1.165) is 74.5 Å². The summed E-state index contributed by atoms with van der Waals surface area (Å²) < 4.78 is 19.0. The number of benzene rings is 2. The maximum Gasteiger partial charge on any atom is 0.246 e. The van der Waals surface area contributed by atoms with Gasteiger partial charge >= 0.3 is 0 Å². The molecule has 1 aliphatic carbocycles. The summed E-state index contributed by atoms with van der Waals surface area (Å²) in [6.45, 7) is 9.76. The molecular weight excluding hydrogens is 849 g/mol. The number of nitrogens with one attached hydrogen (secondary N) is 2. The topological polar surface area (TPSA) is 203 Å². The fourth-order valence-electron chi connectivity index (χ4n) is 8.13. The van der Waals surface area contributed by atoms with Gasteiger partial charge < -0.3 is 40.1 Å². The fourth-order valence-corrected chi connectivity index (χ4v) is 8.94. The number of oxime groups is 1. The molecule has 17 heteroatoms. The number of aryl methyl sites for hydroxylation is 3. The highest BCUT2D eigenvalue weighted by atomic mass is 32.1. The Morgan fingerprint density at radius 1 is 0.923 bits per heavy atom. The van der Waals surface area contributed by atoms with Crippen molar-refractivity contribution < 1.29 is 38.9 Å². The minimum absolute atomic E-state index is 0.0138. The summed E-state index contributed by atoms with van der Waals surface area (Å²) >= 11 is 1.57. The normalized spacial score (nSPS) is 17.1. The second-order valence-electron chi connectivity index (χ2n) is 17.4. The molecule has 0 radical (unpaired) electrons. The number of fused-ring (bicyclic) bond motifs is 1. The third-order valence-electron chi connectivity index (χ3n) is 11.6. The molecule has 0 bridgehead atoms. The summed E-state index contributed by atoms with van der Waals surface area (Å²) in [4.78, 5) is 51.3. The Bertz CT molecular complexity index is 2430. The molecular formula is C48H58N8O8S. The predicted molar refractivity (Wildman–Crippen MR) is 246 cm³/mol. The van der Waals surface area contributed by atoms with Crippen molar-refractivity contribution in [2.45, 2.75) is 84.7 Å². The first kappa shape index (κ1) is 47.1. The van der Waals surface area contributed by atoms with E-state index in [1.54, 1.807) is 23.7 Å². The first-order chi connectivity index (χ1) is 31.4. The quantitative estimate of drug-likeness (QED) is 0.0442. The number of nitrogens with zero attached hydrogens (tertiary/aromatic N) is 6. The molecule has 65 heavy (non-hydrogen) atoms. The summed E-state index contributed by atoms with van der Waals surface area (Å²) in [5.74, 6) is -1.29. The number of aliphatic hydroxyl groups excluding tert-OH is 1. The number of aromatic nitrogens is 4. The average molecular weight is 907 g/mol. The van der Waals surface area contributed by atoms with E-state index in [1.165, 1.54) is 4.90 Å². The van der Waals surface area contributed by atoms with Crippen molar-refractivity contribution in [1.82, 2.24) is 35.3 Å². The summed E-state index contributed by atoms with van der Waals surface area (Å²) in [5.41, 5.74) is 10.8. The zero-order valence-corrected chi connectivity index (χ0v) is 38.2. The van der Waals surface area contributed by atoms with Gasteiger partial charge in [0.05, 0.1) is 54.3 Å². The van der Waals surface area contributed by atoms with E-state index in [2.05, 4.69) is 38.0 Å². The van der Waals surface area contributed by atoms with E-state index >= 15 is 0 Å². The van der Waals surface area contributed by atoms with Gasteiger partial charge in [0.2, 0.25) is 17.7 Å². The monoisotopic (exact) mass is 906 g/mol. The number of pyridine rings is 1. The van der Waals surface area contributed by atoms with Crippen molar-refractivity contribution in [3.8, 4) is 32.8 Å². The van der Waals surface area contributed by atoms with Gasteiger partial charge in [0.25, 0.3) is 0 Å². The highest BCUT2D eigenvalue weighted by Crippen LogP contribution is 2.35. The van der Waals surface area contributed by atoms with Crippen molar-refractivity contribution in [1.29, 1.82) is 0 Å². The smallest absolute Gasteiger partial charge is 0.246 e. The molecule has 16 nitrogen and oxygen atoms in total. The summed E-state index contributed by atoms with van der Waals surface area (Å²) in [5, 5.41) is 34.0. The Kier molecular flexibility index (Phi) is 15.9. The summed E-state index contributed by atoms with van der Waals surface area (Å²) in [7, 11) is 0.